The molecule has 0 saturated heterocycles. The van der Waals surface area contributed by atoms with Gasteiger partial charge in [0.15, 0.2) is 0 Å². The zero-order chi connectivity index (χ0) is 15.8. The van der Waals surface area contributed by atoms with Crippen LogP contribution in [0.1, 0.15) is 33.3 Å². The van der Waals surface area contributed by atoms with Gasteiger partial charge in [-0.3, -0.25) is 9.59 Å². The molecule has 0 radical (unpaired) electrons. The first-order valence-corrected chi connectivity index (χ1v) is 7.25. The smallest absolute Gasteiger partial charge is 0.242 e. The Bertz CT molecular complexity index is 486. The Labute approximate surface area is 126 Å². The number of rotatable bonds is 7. The van der Waals surface area contributed by atoms with Gasteiger partial charge in [0.2, 0.25) is 11.8 Å². The van der Waals surface area contributed by atoms with Crippen LogP contribution in [0.15, 0.2) is 24.3 Å². The van der Waals surface area contributed by atoms with E-state index < -0.39 is 6.04 Å². The highest BCUT2D eigenvalue weighted by atomic mass is 16.5. The monoisotopic (exact) mass is 292 g/mol. The van der Waals surface area contributed by atoms with Gasteiger partial charge in [-0.25, -0.2) is 0 Å². The number of nitrogens with one attached hydrogen (secondary N) is 2. The number of carbonyl (C=O) groups is 2. The number of likely N-dealkylation sites (N-methyl/N-ethyl adjacent to an activating group) is 1. The van der Waals surface area contributed by atoms with Crippen molar-refractivity contribution in [2.45, 2.75) is 46.3 Å². The minimum atomic E-state index is -0.546. The van der Waals surface area contributed by atoms with Crippen molar-refractivity contribution in [1.29, 1.82) is 0 Å². The van der Waals surface area contributed by atoms with Crippen LogP contribution in [-0.4, -0.2) is 30.5 Å². The molecule has 116 valence electrons. The van der Waals surface area contributed by atoms with E-state index in [2.05, 4.69) is 10.6 Å². The van der Waals surface area contributed by atoms with E-state index in [4.69, 9.17) is 4.74 Å². The lowest BCUT2D eigenvalue weighted by molar-refractivity contribution is -0.128. The number of benzene rings is 1. The summed E-state index contributed by atoms with van der Waals surface area (Å²) >= 11 is 0. The Morgan fingerprint density at radius 3 is 2.48 bits per heavy atom. The summed E-state index contributed by atoms with van der Waals surface area (Å²) in [7, 11) is 0. The van der Waals surface area contributed by atoms with Gasteiger partial charge in [0.1, 0.15) is 11.8 Å². The SMILES string of the molecule is CCNC(=O)C(C)NC(=O)Cc1ccccc1OC(C)C. The van der Waals surface area contributed by atoms with Crippen LogP contribution in [0.5, 0.6) is 5.75 Å². The summed E-state index contributed by atoms with van der Waals surface area (Å²) in [6.45, 7) is 7.93. The molecule has 1 aromatic rings. The van der Waals surface area contributed by atoms with Crippen molar-refractivity contribution >= 4 is 11.8 Å². The van der Waals surface area contributed by atoms with Gasteiger partial charge >= 0.3 is 0 Å². The molecule has 21 heavy (non-hydrogen) atoms. The zero-order valence-electron chi connectivity index (χ0n) is 13.1. The third-order valence-corrected chi connectivity index (χ3v) is 2.81. The Hall–Kier alpha value is -2.04. The second kappa shape index (κ2) is 8.29. The maximum atomic E-state index is 12.0. The molecular formula is C16H24N2O3. The highest BCUT2D eigenvalue weighted by Gasteiger charge is 2.16. The van der Waals surface area contributed by atoms with Gasteiger partial charge in [0, 0.05) is 12.1 Å². The fourth-order valence-electron chi connectivity index (χ4n) is 1.88. The molecule has 5 nitrogen and oxygen atoms in total. The van der Waals surface area contributed by atoms with Crippen molar-refractivity contribution in [3.8, 4) is 5.75 Å². The number of amides is 2. The van der Waals surface area contributed by atoms with Crippen LogP contribution in [0.25, 0.3) is 0 Å². The highest BCUT2D eigenvalue weighted by Crippen LogP contribution is 2.19. The standard InChI is InChI=1S/C16H24N2O3/c1-5-17-16(20)12(4)18-15(19)10-13-8-6-7-9-14(13)21-11(2)3/h6-9,11-12H,5,10H2,1-4H3,(H,17,20)(H,18,19). The molecule has 1 atom stereocenters. The van der Waals surface area contributed by atoms with Crippen molar-refractivity contribution in [3.05, 3.63) is 29.8 Å². The molecule has 0 bridgehead atoms. The summed E-state index contributed by atoms with van der Waals surface area (Å²) < 4.78 is 5.68. The Balaban J connectivity index is 2.64. The molecule has 1 aromatic carbocycles. The summed E-state index contributed by atoms with van der Waals surface area (Å²) in [6.07, 6.45) is 0.232. The van der Waals surface area contributed by atoms with Gasteiger partial charge in [-0.2, -0.15) is 0 Å². The third-order valence-electron chi connectivity index (χ3n) is 2.81. The summed E-state index contributed by atoms with van der Waals surface area (Å²) in [5, 5.41) is 5.36. The molecule has 0 aliphatic heterocycles. The lowest BCUT2D eigenvalue weighted by Crippen LogP contribution is -2.45. The van der Waals surface area contributed by atoms with Crippen molar-refractivity contribution < 1.29 is 14.3 Å². The summed E-state index contributed by atoms with van der Waals surface area (Å²) in [4.78, 5) is 23.6. The predicted octanol–water partition coefficient (Wildman–Crippen LogP) is 1.66. The number of ether oxygens (including phenoxy) is 1. The molecule has 5 heteroatoms. The lowest BCUT2D eigenvalue weighted by Gasteiger charge is -2.16. The Morgan fingerprint density at radius 1 is 1.19 bits per heavy atom. The summed E-state index contributed by atoms with van der Waals surface area (Å²) in [5.74, 6) is 0.319. The fourth-order valence-corrected chi connectivity index (χ4v) is 1.88. The minimum absolute atomic E-state index is 0.0449. The molecule has 0 spiro atoms. The van der Waals surface area contributed by atoms with Crippen LogP contribution < -0.4 is 15.4 Å². The first-order valence-electron chi connectivity index (χ1n) is 7.25. The molecule has 0 aliphatic carbocycles. The first kappa shape index (κ1) is 17.0. The van der Waals surface area contributed by atoms with E-state index in [-0.39, 0.29) is 24.3 Å². The van der Waals surface area contributed by atoms with Gasteiger partial charge in [0.05, 0.1) is 12.5 Å². The van der Waals surface area contributed by atoms with E-state index in [0.717, 1.165) is 5.56 Å². The molecule has 1 unspecified atom stereocenters. The fraction of sp³-hybridized carbons (Fsp3) is 0.500. The minimum Gasteiger partial charge on any atom is -0.491 e. The van der Waals surface area contributed by atoms with Crippen molar-refractivity contribution in [3.63, 3.8) is 0 Å². The van der Waals surface area contributed by atoms with E-state index in [0.29, 0.717) is 12.3 Å². The number of para-hydroxylation sites is 1. The van der Waals surface area contributed by atoms with Crippen molar-refractivity contribution in [2.75, 3.05) is 6.54 Å². The number of carbonyl (C=O) groups excluding carboxylic acids is 2. The molecular weight excluding hydrogens is 268 g/mol. The van der Waals surface area contributed by atoms with E-state index in [1.807, 2.05) is 45.0 Å². The number of hydrogen-bond donors (Lipinski definition) is 2. The van der Waals surface area contributed by atoms with Gasteiger partial charge in [-0.05, 0) is 33.8 Å². The van der Waals surface area contributed by atoms with Crippen LogP contribution in [0, 0.1) is 0 Å². The first-order chi connectivity index (χ1) is 9.93. The largest absolute Gasteiger partial charge is 0.491 e. The average molecular weight is 292 g/mol. The predicted molar refractivity (Wildman–Crippen MR) is 82.2 cm³/mol. The summed E-state index contributed by atoms with van der Waals surface area (Å²) in [6, 6.07) is 6.89. The Morgan fingerprint density at radius 2 is 1.86 bits per heavy atom. The molecule has 1 rings (SSSR count). The van der Waals surface area contributed by atoms with Crippen LogP contribution in [0.4, 0.5) is 0 Å². The van der Waals surface area contributed by atoms with E-state index in [9.17, 15) is 9.59 Å². The molecule has 0 saturated carbocycles. The molecule has 0 aliphatic rings. The summed E-state index contributed by atoms with van der Waals surface area (Å²) in [5.41, 5.74) is 0.812. The molecule has 2 amide bonds. The second-order valence-corrected chi connectivity index (χ2v) is 5.13. The lowest BCUT2D eigenvalue weighted by atomic mass is 10.1. The number of hydrogen-bond acceptors (Lipinski definition) is 3. The van der Waals surface area contributed by atoms with Crippen LogP contribution >= 0.6 is 0 Å². The second-order valence-electron chi connectivity index (χ2n) is 5.13. The maximum Gasteiger partial charge on any atom is 0.242 e. The normalized spacial score (nSPS) is 11.9. The Kier molecular flexibility index (Phi) is 6.72. The third kappa shape index (κ3) is 5.85. The molecule has 0 heterocycles. The van der Waals surface area contributed by atoms with Crippen molar-refractivity contribution in [2.24, 2.45) is 0 Å². The quantitative estimate of drug-likeness (QED) is 0.803. The van der Waals surface area contributed by atoms with E-state index >= 15 is 0 Å². The van der Waals surface area contributed by atoms with Crippen LogP contribution in [0.3, 0.4) is 0 Å². The van der Waals surface area contributed by atoms with Crippen molar-refractivity contribution in [1.82, 2.24) is 10.6 Å². The topological polar surface area (TPSA) is 67.4 Å². The van der Waals surface area contributed by atoms with E-state index in [1.54, 1.807) is 6.92 Å². The average Bonchev–Trinajstić information content (AvgIpc) is 2.40. The molecule has 0 fully saturated rings. The van der Waals surface area contributed by atoms with Gasteiger partial charge < -0.3 is 15.4 Å². The highest BCUT2D eigenvalue weighted by molar-refractivity contribution is 5.88. The van der Waals surface area contributed by atoms with Gasteiger partial charge in [0.25, 0.3) is 0 Å². The molecule has 0 aromatic heterocycles. The van der Waals surface area contributed by atoms with Gasteiger partial charge in [-0.15, -0.1) is 0 Å². The van der Waals surface area contributed by atoms with Crippen LogP contribution in [-0.2, 0) is 16.0 Å². The van der Waals surface area contributed by atoms with Gasteiger partial charge in [-0.1, -0.05) is 18.2 Å². The van der Waals surface area contributed by atoms with Crippen LogP contribution in [0.2, 0.25) is 0 Å². The maximum absolute atomic E-state index is 12.0. The zero-order valence-corrected chi connectivity index (χ0v) is 13.1. The molecule has 2 N–H and O–H groups in total. The van der Waals surface area contributed by atoms with E-state index in [1.165, 1.54) is 0 Å².